The lowest BCUT2D eigenvalue weighted by atomic mass is 10.2. The van der Waals surface area contributed by atoms with Crippen molar-refractivity contribution in [1.29, 1.82) is 0 Å². The van der Waals surface area contributed by atoms with Crippen LogP contribution in [0, 0.1) is 19.7 Å². The van der Waals surface area contributed by atoms with Crippen molar-refractivity contribution in [3.63, 3.8) is 0 Å². The van der Waals surface area contributed by atoms with Crippen molar-refractivity contribution in [2.24, 2.45) is 0 Å². The average Bonchev–Trinajstić information content (AvgIpc) is 3.43. The van der Waals surface area contributed by atoms with Gasteiger partial charge in [-0.2, -0.15) is 23.4 Å². The molecule has 0 aliphatic heterocycles. The van der Waals surface area contributed by atoms with E-state index in [0.717, 1.165) is 18.9 Å². The van der Waals surface area contributed by atoms with Crippen LogP contribution in [-0.2, 0) is 24.1 Å². The van der Waals surface area contributed by atoms with Crippen LogP contribution in [0.1, 0.15) is 53.5 Å². The Bertz CT molecular complexity index is 1180. The predicted molar refractivity (Wildman–Crippen MR) is 115 cm³/mol. The second-order valence-electron chi connectivity index (χ2n) is 8.15. The molecule has 3 aromatic rings. The van der Waals surface area contributed by atoms with Crippen molar-refractivity contribution in [3.05, 3.63) is 63.4 Å². The minimum absolute atomic E-state index is 0.0326. The molecule has 1 aliphatic carbocycles. The summed E-state index contributed by atoms with van der Waals surface area (Å²) in [5, 5.41) is 11.1. The van der Waals surface area contributed by atoms with Crippen molar-refractivity contribution in [3.8, 4) is 0 Å². The van der Waals surface area contributed by atoms with E-state index < -0.39 is 17.7 Å². The second-order valence-corrected chi connectivity index (χ2v) is 8.56. The largest absolute Gasteiger partial charge is 0.435 e. The molecular weight excluding hydrogens is 462 g/mol. The van der Waals surface area contributed by atoms with Crippen molar-refractivity contribution >= 4 is 23.2 Å². The zero-order valence-electron chi connectivity index (χ0n) is 18.0. The molecule has 4 rings (SSSR count). The number of anilines is 1. The maximum absolute atomic E-state index is 14.1. The Labute approximate surface area is 192 Å². The van der Waals surface area contributed by atoms with Crippen molar-refractivity contribution in [2.45, 2.75) is 58.3 Å². The standard InChI is InChI=1S/C22H22ClF4N5O/c1-12-21(13(2)32(29-12)11-15-16(23)4-3-5-17(15)24)28-20(33)8-9-31-18(14-6-7-14)10-19(30-31)22(25,26)27/h3-5,10,14H,6-9,11H2,1-2H3,(H,28,33). The van der Waals surface area contributed by atoms with Crippen LogP contribution in [0.5, 0.6) is 0 Å². The van der Waals surface area contributed by atoms with Crippen molar-refractivity contribution < 1.29 is 22.4 Å². The first kappa shape index (κ1) is 23.3. The number of benzene rings is 1. The minimum atomic E-state index is -4.53. The van der Waals surface area contributed by atoms with Gasteiger partial charge < -0.3 is 5.32 Å². The molecule has 33 heavy (non-hydrogen) atoms. The summed E-state index contributed by atoms with van der Waals surface area (Å²) in [6.45, 7) is 3.56. The zero-order chi connectivity index (χ0) is 23.9. The van der Waals surface area contributed by atoms with Gasteiger partial charge in [0, 0.05) is 35.2 Å². The number of carbonyl (C=O) groups excluding carboxylic acids is 1. The summed E-state index contributed by atoms with van der Waals surface area (Å²) < 4.78 is 56.1. The van der Waals surface area contributed by atoms with Crippen LogP contribution in [0.15, 0.2) is 24.3 Å². The van der Waals surface area contributed by atoms with E-state index in [0.29, 0.717) is 22.8 Å². The Balaban J connectivity index is 1.45. The molecule has 1 N–H and O–H groups in total. The molecule has 1 saturated carbocycles. The number of nitrogens with one attached hydrogen (secondary N) is 1. The Kier molecular flexibility index (Phi) is 6.22. The molecule has 0 spiro atoms. The van der Waals surface area contributed by atoms with Crippen LogP contribution in [-0.4, -0.2) is 25.5 Å². The summed E-state index contributed by atoms with van der Waals surface area (Å²) in [4.78, 5) is 12.6. The highest BCUT2D eigenvalue weighted by Crippen LogP contribution is 2.42. The average molecular weight is 484 g/mol. The molecular formula is C22H22ClF4N5O. The maximum Gasteiger partial charge on any atom is 0.435 e. The third-order valence-electron chi connectivity index (χ3n) is 5.66. The van der Waals surface area contributed by atoms with Gasteiger partial charge in [0.1, 0.15) is 5.82 Å². The number of alkyl halides is 3. The minimum Gasteiger partial charge on any atom is -0.323 e. The SMILES string of the molecule is Cc1nn(Cc2c(F)cccc2Cl)c(C)c1NC(=O)CCn1nc(C(F)(F)F)cc1C1CC1. The van der Waals surface area contributed by atoms with E-state index in [4.69, 9.17) is 11.6 Å². The number of rotatable bonds is 7. The number of hydrogen-bond donors (Lipinski definition) is 1. The first-order chi connectivity index (χ1) is 15.5. The van der Waals surface area contributed by atoms with E-state index in [-0.39, 0.29) is 41.9 Å². The summed E-state index contributed by atoms with van der Waals surface area (Å²) in [5.41, 5.74) is 1.48. The van der Waals surface area contributed by atoms with Gasteiger partial charge in [-0.15, -0.1) is 0 Å². The Hall–Kier alpha value is -2.88. The fourth-order valence-electron chi connectivity index (χ4n) is 3.73. The maximum atomic E-state index is 14.1. The normalized spacial score (nSPS) is 14.0. The monoisotopic (exact) mass is 483 g/mol. The smallest absolute Gasteiger partial charge is 0.323 e. The van der Waals surface area contributed by atoms with Crippen LogP contribution in [0.2, 0.25) is 5.02 Å². The van der Waals surface area contributed by atoms with E-state index in [1.165, 1.54) is 16.8 Å². The second kappa shape index (κ2) is 8.81. The lowest BCUT2D eigenvalue weighted by Gasteiger charge is -2.10. The number of hydrogen-bond acceptors (Lipinski definition) is 3. The lowest BCUT2D eigenvalue weighted by Crippen LogP contribution is -2.17. The van der Waals surface area contributed by atoms with E-state index in [9.17, 15) is 22.4 Å². The summed E-state index contributed by atoms with van der Waals surface area (Å²) >= 11 is 6.10. The summed E-state index contributed by atoms with van der Waals surface area (Å²) in [7, 11) is 0. The number of halogens is 5. The Morgan fingerprint density at radius 3 is 2.58 bits per heavy atom. The molecule has 176 valence electrons. The summed E-state index contributed by atoms with van der Waals surface area (Å²) in [6, 6.07) is 5.48. The molecule has 11 heteroatoms. The zero-order valence-corrected chi connectivity index (χ0v) is 18.8. The number of amides is 1. The quantitative estimate of drug-likeness (QED) is 0.454. The molecule has 1 aromatic carbocycles. The highest BCUT2D eigenvalue weighted by molar-refractivity contribution is 6.31. The Morgan fingerprint density at radius 2 is 1.94 bits per heavy atom. The van der Waals surface area contributed by atoms with E-state index in [1.807, 2.05) is 0 Å². The number of aryl methyl sites for hydroxylation is 2. The van der Waals surface area contributed by atoms with Gasteiger partial charge in [-0.1, -0.05) is 17.7 Å². The van der Waals surface area contributed by atoms with Gasteiger partial charge in [0.2, 0.25) is 5.91 Å². The molecule has 2 heterocycles. The van der Waals surface area contributed by atoms with Crippen LogP contribution in [0.4, 0.5) is 23.2 Å². The molecule has 0 saturated heterocycles. The fraction of sp³-hybridized carbons (Fsp3) is 0.409. The molecule has 6 nitrogen and oxygen atoms in total. The van der Waals surface area contributed by atoms with Crippen LogP contribution in [0.3, 0.4) is 0 Å². The highest BCUT2D eigenvalue weighted by Gasteiger charge is 2.37. The van der Waals surface area contributed by atoms with Gasteiger partial charge in [0.25, 0.3) is 0 Å². The van der Waals surface area contributed by atoms with Gasteiger partial charge in [0.05, 0.1) is 23.6 Å². The summed E-state index contributed by atoms with van der Waals surface area (Å²) in [6.07, 6.45) is -2.94. The molecule has 0 bridgehead atoms. The lowest BCUT2D eigenvalue weighted by molar-refractivity contribution is -0.141. The van der Waals surface area contributed by atoms with Gasteiger partial charge >= 0.3 is 6.18 Å². The predicted octanol–water partition coefficient (Wildman–Crippen LogP) is 5.46. The number of aromatic nitrogens is 4. The van der Waals surface area contributed by atoms with Gasteiger partial charge in [-0.05, 0) is 44.9 Å². The fourth-order valence-corrected chi connectivity index (χ4v) is 3.95. The molecule has 2 aromatic heterocycles. The van der Waals surface area contributed by atoms with E-state index >= 15 is 0 Å². The highest BCUT2D eigenvalue weighted by atomic mass is 35.5. The third-order valence-corrected chi connectivity index (χ3v) is 6.02. The van der Waals surface area contributed by atoms with Gasteiger partial charge in [0.15, 0.2) is 5.69 Å². The first-order valence-corrected chi connectivity index (χ1v) is 10.8. The Morgan fingerprint density at radius 1 is 1.21 bits per heavy atom. The molecule has 1 aliphatic rings. The van der Waals surface area contributed by atoms with Crippen molar-refractivity contribution in [1.82, 2.24) is 19.6 Å². The summed E-state index contributed by atoms with van der Waals surface area (Å²) in [5.74, 6) is -0.773. The molecule has 1 fully saturated rings. The first-order valence-electron chi connectivity index (χ1n) is 10.5. The van der Waals surface area contributed by atoms with Crippen LogP contribution >= 0.6 is 11.6 Å². The van der Waals surface area contributed by atoms with Crippen LogP contribution < -0.4 is 5.32 Å². The van der Waals surface area contributed by atoms with E-state index in [2.05, 4.69) is 15.5 Å². The van der Waals surface area contributed by atoms with Gasteiger partial charge in [-0.3, -0.25) is 14.2 Å². The van der Waals surface area contributed by atoms with Crippen LogP contribution in [0.25, 0.3) is 0 Å². The third kappa shape index (κ3) is 5.05. The van der Waals surface area contributed by atoms with Gasteiger partial charge in [-0.25, -0.2) is 4.39 Å². The van der Waals surface area contributed by atoms with E-state index in [1.54, 1.807) is 24.6 Å². The molecule has 1 amide bonds. The number of carbonyl (C=O) groups is 1. The number of nitrogens with zero attached hydrogens (tertiary/aromatic N) is 4. The topological polar surface area (TPSA) is 64.7 Å². The van der Waals surface area contributed by atoms with Crippen molar-refractivity contribution in [2.75, 3.05) is 5.32 Å². The molecule has 0 unspecified atom stereocenters. The molecule has 0 atom stereocenters. The molecule has 0 radical (unpaired) electrons.